The Balaban J connectivity index is 1.64. The topological polar surface area (TPSA) is 57.7 Å². The number of sulfonamides is 1. The van der Waals surface area contributed by atoms with E-state index in [-0.39, 0.29) is 46.9 Å². The van der Waals surface area contributed by atoms with E-state index in [0.29, 0.717) is 16.6 Å². The molecule has 1 heterocycles. The number of nitrogens with zero attached hydrogens (tertiary/aromatic N) is 2. The van der Waals surface area contributed by atoms with Gasteiger partial charge in [0, 0.05) is 41.5 Å². The van der Waals surface area contributed by atoms with Crippen molar-refractivity contribution >= 4 is 39.1 Å². The van der Waals surface area contributed by atoms with Gasteiger partial charge in [0.1, 0.15) is 0 Å². The highest BCUT2D eigenvalue weighted by Gasteiger charge is 2.53. The predicted octanol–water partition coefficient (Wildman–Crippen LogP) is 7.08. The Bertz CT molecular complexity index is 1310. The smallest absolute Gasteiger partial charge is 0.226 e. The summed E-state index contributed by atoms with van der Waals surface area (Å²) >= 11 is 12.8. The van der Waals surface area contributed by atoms with E-state index < -0.39 is 10.0 Å². The molecule has 2 saturated carbocycles. The lowest BCUT2D eigenvalue weighted by Crippen LogP contribution is -2.58. The summed E-state index contributed by atoms with van der Waals surface area (Å²) in [7, 11) is -1.69. The molecule has 2 aromatic carbocycles. The van der Waals surface area contributed by atoms with E-state index in [0.717, 1.165) is 49.7 Å². The number of carbonyl (C=O) groups is 1. The van der Waals surface area contributed by atoms with Crippen LogP contribution in [-0.2, 0) is 14.8 Å². The number of allylic oxidation sites excluding steroid dienone is 1. The Kier molecular flexibility index (Phi) is 8.49. The van der Waals surface area contributed by atoms with E-state index in [9.17, 15) is 13.2 Å². The highest BCUT2D eigenvalue weighted by atomic mass is 35.5. The maximum absolute atomic E-state index is 14.4. The van der Waals surface area contributed by atoms with Crippen molar-refractivity contribution in [3.63, 3.8) is 0 Å². The van der Waals surface area contributed by atoms with E-state index in [1.165, 1.54) is 4.31 Å². The van der Waals surface area contributed by atoms with Crippen LogP contribution in [0.3, 0.4) is 0 Å². The first-order chi connectivity index (χ1) is 18.6. The largest absolute Gasteiger partial charge is 0.330 e. The zero-order valence-corrected chi connectivity index (χ0v) is 25.0. The average Bonchev–Trinajstić information content (AvgIpc) is 3.82. The number of likely N-dealkylation sites (N-methyl/N-ethyl adjacent to an activating group) is 1. The van der Waals surface area contributed by atoms with E-state index in [1.54, 1.807) is 7.05 Å². The minimum Gasteiger partial charge on any atom is -0.330 e. The highest BCUT2D eigenvalue weighted by Crippen LogP contribution is 2.53. The molecular weight excluding hydrogens is 551 g/mol. The van der Waals surface area contributed by atoms with Crippen LogP contribution in [0.15, 0.2) is 61.2 Å². The summed E-state index contributed by atoms with van der Waals surface area (Å²) < 4.78 is 27.8. The molecule has 5 atom stereocenters. The first-order valence-corrected chi connectivity index (χ1v) is 16.3. The van der Waals surface area contributed by atoms with Crippen LogP contribution >= 0.6 is 23.2 Å². The molecule has 5 nitrogen and oxygen atoms in total. The lowest BCUT2D eigenvalue weighted by atomic mass is 9.66. The van der Waals surface area contributed by atoms with Gasteiger partial charge in [-0.05, 0) is 85.8 Å². The molecule has 39 heavy (non-hydrogen) atoms. The van der Waals surface area contributed by atoms with Gasteiger partial charge in [-0.25, -0.2) is 12.7 Å². The van der Waals surface area contributed by atoms with Gasteiger partial charge in [0.05, 0.1) is 11.3 Å². The molecule has 8 heteroatoms. The molecule has 1 amide bonds. The molecule has 0 aromatic heterocycles. The van der Waals surface area contributed by atoms with Gasteiger partial charge in [-0.1, -0.05) is 60.5 Å². The van der Waals surface area contributed by atoms with Crippen LogP contribution < -0.4 is 0 Å². The summed E-state index contributed by atoms with van der Waals surface area (Å²) in [5, 5.41) is 1.01. The lowest BCUT2D eigenvalue weighted by Gasteiger charge is -2.52. The second-order valence-electron chi connectivity index (χ2n) is 11.6. The standard InChI is InChI=1S/C31H38Cl2N2O3S/c1-4-5-9-27-20(2)31(36)35(28(21-10-11-21)19-34(3)39(37,38)26-16-17-26)30(22-12-14-24(32)15-13-22)29(27)23-7-6-8-25(33)18-23/h4,6-8,12-15,18,20-21,26-30H,1,5,9-11,16-17,19H2,2-3H3/t20?,27?,28-,29-,30+/m0/s1. The number of halogens is 2. The maximum atomic E-state index is 14.4. The minimum absolute atomic E-state index is 0.0240. The van der Waals surface area contributed by atoms with Crippen molar-refractivity contribution < 1.29 is 13.2 Å². The van der Waals surface area contributed by atoms with Gasteiger partial charge in [0.25, 0.3) is 0 Å². The molecule has 5 rings (SSSR count). The van der Waals surface area contributed by atoms with Crippen LogP contribution in [-0.4, -0.2) is 48.4 Å². The van der Waals surface area contributed by atoms with Crippen LogP contribution in [0.5, 0.6) is 0 Å². The number of benzene rings is 2. The summed E-state index contributed by atoms with van der Waals surface area (Å²) in [6, 6.07) is 15.3. The summed E-state index contributed by atoms with van der Waals surface area (Å²) in [6.07, 6.45) is 6.98. The number of piperidine rings is 1. The summed E-state index contributed by atoms with van der Waals surface area (Å²) in [6.45, 7) is 6.29. The highest BCUT2D eigenvalue weighted by molar-refractivity contribution is 7.90. The molecule has 0 bridgehead atoms. The fraction of sp³-hybridized carbons (Fsp3) is 0.516. The Hall–Kier alpha value is -1.86. The van der Waals surface area contributed by atoms with E-state index in [1.807, 2.05) is 55.5 Å². The third-order valence-corrected chi connectivity index (χ3v) is 11.7. The van der Waals surface area contributed by atoms with E-state index >= 15 is 0 Å². The Morgan fingerprint density at radius 1 is 1.05 bits per heavy atom. The van der Waals surface area contributed by atoms with Gasteiger partial charge in [0.2, 0.25) is 15.9 Å². The molecule has 3 aliphatic rings. The van der Waals surface area contributed by atoms with Gasteiger partial charge in [-0.3, -0.25) is 4.79 Å². The summed E-state index contributed by atoms with van der Waals surface area (Å²) in [4.78, 5) is 16.5. The van der Waals surface area contributed by atoms with Crippen LogP contribution in [0.4, 0.5) is 0 Å². The van der Waals surface area contributed by atoms with Crippen molar-refractivity contribution in [2.24, 2.45) is 17.8 Å². The Labute approximate surface area is 243 Å². The monoisotopic (exact) mass is 588 g/mol. The van der Waals surface area contributed by atoms with Gasteiger partial charge >= 0.3 is 0 Å². The zero-order valence-electron chi connectivity index (χ0n) is 22.7. The normalized spacial score (nSPS) is 26.6. The van der Waals surface area contributed by atoms with Gasteiger partial charge in [-0.15, -0.1) is 6.58 Å². The maximum Gasteiger partial charge on any atom is 0.226 e. The lowest BCUT2D eigenvalue weighted by molar-refractivity contribution is -0.151. The molecule has 2 unspecified atom stereocenters. The molecule has 0 N–H and O–H groups in total. The molecular formula is C31H38Cl2N2O3S. The van der Waals surface area contributed by atoms with Crippen molar-refractivity contribution in [2.45, 2.75) is 68.7 Å². The van der Waals surface area contributed by atoms with Crippen LogP contribution in [0.2, 0.25) is 10.0 Å². The molecule has 0 radical (unpaired) electrons. The first kappa shape index (κ1) is 28.7. The molecule has 0 spiro atoms. The third kappa shape index (κ3) is 5.95. The molecule has 2 aliphatic carbocycles. The number of rotatable bonds is 11. The number of amides is 1. The Morgan fingerprint density at radius 3 is 2.33 bits per heavy atom. The molecule has 3 fully saturated rings. The SMILES string of the molecule is C=CCCC1C(C)C(=O)N([C@@H](CN(C)S(=O)(=O)C2CC2)C2CC2)[C@H](c2ccc(Cl)cc2)[C@H]1c1cccc(Cl)c1. The quantitative estimate of drug-likeness (QED) is 0.263. The second-order valence-corrected chi connectivity index (χ2v) is 14.8. The number of likely N-dealkylation sites (tertiary alicyclic amines) is 1. The summed E-state index contributed by atoms with van der Waals surface area (Å²) in [5.41, 5.74) is 2.10. The van der Waals surface area contributed by atoms with Gasteiger partial charge in [-0.2, -0.15) is 0 Å². The molecule has 1 saturated heterocycles. The fourth-order valence-electron chi connectivity index (χ4n) is 6.49. The van der Waals surface area contributed by atoms with Crippen LogP contribution in [0, 0.1) is 17.8 Å². The predicted molar refractivity (Wildman–Crippen MR) is 158 cm³/mol. The van der Waals surface area contributed by atoms with Crippen molar-refractivity contribution in [2.75, 3.05) is 13.6 Å². The molecule has 210 valence electrons. The first-order valence-electron chi connectivity index (χ1n) is 14.0. The van der Waals surface area contributed by atoms with Gasteiger partial charge < -0.3 is 4.90 Å². The van der Waals surface area contributed by atoms with E-state index in [2.05, 4.69) is 17.5 Å². The van der Waals surface area contributed by atoms with Crippen LogP contribution in [0.1, 0.15) is 68.5 Å². The zero-order chi connectivity index (χ0) is 27.9. The fourth-order valence-corrected chi connectivity index (χ4v) is 8.41. The Morgan fingerprint density at radius 2 is 1.74 bits per heavy atom. The average molecular weight is 590 g/mol. The van der Waals surface area contributed by atoms with Crippen molar-refractivity contribution in [3.05, 3.63) is 82.4 Å². The number of hydrogen-bond acceptors (Lipinski definition) is 3. The van der Waals surface area contributed by atoms with Crippen molar-refractivity contribution in [1.29, 1.82) is 0 Å². The minimum atomic E-state index is -3.37. The summed E-state index contributed by atoms with van der Waals surface area (Å²) in [5.74, 6) is 0.181. The number of hydrogen-bond donors (Lipinski definition) is 0. The molecule has 2 aromatic rings. The number of carbonyl (C=O) groups excluding carboxylic acids is 1. The molecule has 1 aliphatic heterocycles. The second kappa shape index (κ2) is 11.6. The van der Waals surface area contributed by atoms with Crippen molar-refractivity contribution in [1.82, 2.24) is 9.21 Å². The van der Waals surface area contributed by atoms with Gasteiger partial charge in [0.15, 0.2) is 0 Å². The van der Waals surface area contributed by atoms with Crippen molar-refractivity contribution in [3.8, 4) is 0 Å². The van der Waals surface area contributed by atoms with E-state index in [4.69, 9.17) is 23.2 Å². The van der Waals surface area contributed by atoms with Crippen LogP contribution in [0.25, 0.3) is 0 Å². The third-order valence-electron chi connectivity index (χ3n) is 8.88.